The summed E-state index contributed by atoms with van der Waals surface area (Å²) in [7, 11) is 2.00. The van der Waals surface area contributed by atoms with Gasteiger partial charge in [-0.1, -0.05) is 13.3 Å². The molecule has 0 saturated carbocycles. The van der Waals surface area contributed by atoms with Crippen molar-refractivity contribution in [3.63, 3.8) is 0 Å². The Bertz CT molecular complexity index is 233. The fourth-order valence-electron chi connectivity index (χ4n) is 2.65. The first-order valence-electron chi connectivity index (χ1n) is 6.74. The normalized spacial score (nSPS) is 25.8. The number of likely N-dealkylation sites (N-methyl/N-ethyl adjacent to an activating group) is 1. The highest BCUT2D eigenvalue weighted by Gasteiger charge is 2.27. The van der Waals surface area contributed by atoms with Gasteiger partial charge in [-0.25, -0.2) is 0 Å². The molecule has 0 bridgehead atoms. The van der Waals surface area contributed by atoms with Crippen LogP contribution in [0, 0.1) is 5.92 Å². The number of rotatable bonds is 6. The van der Waals surface area contributed by atoms with Gasteiger partial charge in [0, 0.05) is 19.1 Å². The highest BCUT2D eigenvalue weighted by molar-refractivity contribution is 5.71. The first-order chi connectivity index (χ1) is 8.19. The number of hydrogen-bond acceptors (Lipinski definition) is 4. The Kier molecular flexibility index (Phi) is 6.52. The Morgan fingerprint density at radius 3 is 2.76 bits per heavy atom. The van der Waals surface area contributed by atoms with Crippen LogP contribution in [0.3, 0.4) is 0 Å². The lowest BCUT2D eigenvalue weighted by atomic mass is 9.90. The van der Waals surface area contributed by atoms with Crippen LogP contribution in [0.15, 0.2) is 0 Å². The molecule has 0 radical (unpaired) electrons. The zero-order valence-corrected chi connectivity index (χ0v) is 11.4. The number of carbonyl (C=O) groups excluding carboxylic acids is 1. The van der Waals surface area contributed by atoms with Gasteiger partial charge in [0.15, 0.2) is 0 Å². The van der Waals surface area contributed by atoms with E-state index in [0.29, 0.717) is 25.1 Å². The second-order valence-corrected chi connectivity index (χ2v) is 4.88. The van der Waals surface area contributed by atoms with Crippen molar-refractivity contribution in [3.8, 4) is 0 Å². The van der Waals surface area contributed by atoms with Crippen LogP contribution in [0.4, 0.5) is 0 Å². The Labute approximate surface area is 105 Å². The van der Waals surface area contributed by atoms with Crippen molar-refractivity contribution in [2.24, 2.45) is 5.92 Å². The lowest BCUT2D eigenvalue weighted by Crippen LogP contribution is -2.49. The zero-order chi connectivity index (χ0) is 12.7. The van der Waals surface area contributed by atoms with E-state index in [-0.39, 0.29) is 5.97 Å². The number of likely N-dealkylation sites (tertiary alicyclic amines) is 1. The van der Waals surface area contributed by atoms with Crippen molar-refractivity contribution in [3.05, 3.63) is 0 Å². The van der Waals surface area contributed by atoms with Crippen molar-refractivity contribution in [2.75, 3.05) is 33.3 Å². The van der Waals surface area contributed by atoms with Gasteiger partial charge >= 0.3 is 5.97 Å². The first-order valence-corrected chi connectivity index (χ1v) is 6.74. The predicted molar refractivity (Wildman–Crippen MR) is 68.9 cm³/mol. The van der Waals surface area contributed by atoms with Crippen LogP contribution in [-0.2, 0) is 9.53 Å². The number of hydrogen-bond donors (Lipinski definition) is 1. The number of carbonyl (C=O) groups is 1. The second kappa shape index (κ2) is 7.67. The average Bonchev–Trinajstić information content (AvgIpc) is 2.29. The lowest BCUT2D eigenvalue weighted by molar-refractivity contribution is -0.145. The molecule has 0 aromatic heterocycles. The summed E-state index contributed by atoms with van der Waals surface area (Å²) in [6, 6.07) is 0.509. The average molecular weight is 242 g/mol. The smallest absolute Gasteiger partial charge is 0.320 e. The summed E-state index contributed by atoms with van der Waals surface area (Å²) in [6.45, 7) is 6.97. The van der Waals surface area contributed by atoms with E-state index in [1.807, 2.05) is 14.0 Å². The molecule has 4 nitrogen and oxygen atoms in total. The molecule has 17 heavy (non-hydrogen) atoms. The Balaban J connectivity index is 2.44. The summed E-state index contributed by atoms with van der Waals surface area (Å²) in [5.74, 6) is 0.611. The zero-order valence-electron chi connectivity index (χ0n) is 11.4. The molecule has 2 unspecified atom stereocenters. The predicted octanol–water partition coefficient (Wildman–Crippen LogP) is 1.26. The monoisotopic (exact) mass is 242 g/mol. The molecule has 0 aromatic carbocycles. The molecule has 4 heteroatoms. The van der Waals surface area contributed by atoms with Crippen LogP contribution in [0.5, 0.6) is 0 Å². The molecule has 0 spiro atoms. The summed E-state index contributed by atoms with van der Waals surface area (Å²) in [5, 5.41) is 3.33. The van der Waals surface area contributed by atoms with E-state index in [4.69, 9.17) is 4.74 Å². The Hall–Kier alpha value is -0.610. The van der Waals surface area contributed by atoms with E-state index in [2.05, 4.69) is 17.1 Å². The quantitative estimate of drug-likeness (QED) is 0.712. The summed E-state index contributed by atoms with van der Waals surface area (Å²) in [5.41, 5.74) is 0. The number of esters is 1. The summed E-state index contributed by atoms with van der Waals surface area (Å²) < 4.78 is 5.01. The molecule has 1 aliphatic rings. The molecule has 1 aliphatic heterocycles. The van der Waals surface area contributed by atoms with E-state index in [1.165, 1.54) is 19.3 Å². The molecule has 2 atom stereocenters. The van der Waals surface area contributed by atoms with Crippen LogP contribution in [0.1, 0.15) is 33.1 Å². The van der Waals surface area contributed by atoms with Crippen molar-refractivity contribution in [2.45, 2.75) is 39.2 Å². The van der Waals surface area contributed by atoms with Gasteiger partial charge < -0.3 is 10.1 Å². The van der Waals surface area contributed by atoms with E-state index < -0.39 is 0 Å². The fraction of sp³-hybridized carbons (Fsp3) is 0.923. The Morgan fingerprint density at radius 1 is 1.41 bits per heavy atom. The number of nitrogens with one attached hydrogen (secondary N) is 1. The van der Waals surface area contributed by atoms with Crippen molar-refractivity contribution < 1.29 is 9.53 Å². The van der Waals surface area contributed by atoms with Crippen LogP contribution < -0.4 is 5.32 Å². The molecule has 0 aliphatic carbocycles. The second-order valence-electron chi connectivity index (χ2n) is 4.88. The third kappa shape index (κ3) is 5.04. The molecule has 1 N–H and O–H groups in total. The van der Waals surface area contributed by atoms with Crippen LogP contribution >= 0.6 is 0 Å². The molecule has 100 valence electrons. The third-order valence-electron chi connectivity index (χ3n) is 3.38. The number of ether oxygens (including phenoxy) is 1. The van der Waals surface area contributed by atoms with Gasteiger partial charge in [-0.15, -0.1) is 0 Å². The maximum absolute atomic E-state index is 11.5. The number of piperidine rings is 1. The third-order valence-corrected chi connectivity index (χ3v) is 3.38. The van der Waals surface area contributed by atoms with E-state index in [9.17, 15) is 4.79 Å². The largest absolute Gasteiger partial charge is 0.465 e. The van der Waals surface area contributed by atoms with Gasteiger partial charge in [-0.2, -0.15) is 0 Å². The lowest BCUT2D eigenvalue weighted by Gasteiger charge is -2.37. The molecule has 1 fully saturated rings. The minimum Gasteiger partial charge on any atom is -0.465 e. The van der Waals surface area contributed by atoms with Crippen molar-refractivity contribution >= 4 is 5.97 Å². The summed E-state index contributed by atoms with van der Waals surface area (Å²) in [6.07, 6.45) is 3.69. The van der Waals surface area contributed by atoms with Gasteiger partial charge in [-0.05, 0) is 32.7 Å². The van der Waals surface area contributed by atoms with Crippen molar-refractivity contribution in [1.29, 1.82) is 0 Å². The minimum absolute atomic E-state index is 0.0977. The van der Waals surface area contributed by atoms with Gasteiger partial charge in [0.2, 0.25) is 0 Å². The van der Waals surface area contributed by atoms with Crippen LogP contribution in [-0.4, -0.2) is 50.2 Å². The molecule has 1 rings (SSSR count). The molecule has 0 aromatic rings. The molecule has 1 heterocycles. The maximum atomic E-state index is 11.5. The molecular weight excluding hydrogens is 216 g/mol. The highest BCUT2D eigenvalue weighted by atomic mass is 16.5. The van der Waals surface area contributed by atoms with E-state index >= 15 is 0 Å². The molecular formula is C13H26N2O2. The van der Waals surface area contributed by atoms with Gasteiger partial charge in [0.25, 0.3) is 0 Å². The van der Waals surface area contributed by atoms with Crippen molar-refractivity contribution in [1.82, 2.24) is 10.2 Å². The topological polar surface area (TPSA) is 41.6 Å². The SMILES string of the molecule is CCCC1CC(NC)CN(CC(=O)OCC)C1. The van der Waals surface area contributed by atoms with Crippen LogP contribution in [0.2, 0.25) is 0 Å². The minimum atomic E-state index is -0.0977. The first kappa shape index (κ1) is 14.5. The van der Waals surface area contributed by atoms with Gasteiger partial charge in [-0.3, -0.25) is 9.69 Å². The fourth-order valence-corrected chi connectivity index (χ4v) is 2.65. The van der Waals surface area contributed by atoms with Crippen LogP contribution in [0.25, 0.3) is 0 Å². The summed E-state index contributed by atoms with van der Waals surface area (Å²) >= 11 is 0. The summed E-state index contributed by atoms with van der Waals surface area (Å²) in [4.78, 5) is 13.7. The molecule has 0 amide bonds. The molecule has 1 saturated heterocycles. The Morgan fingerprint density at radius 2 is 2.18 bits per heavy atom. The van der Waals surface area contributed by atoms with E-state index in [1.54, 1.807) is 0 Å². The standard InChI is InChI=1S/C13H26N2O2/c1-4-6-11-7-12(14-3)9-15(8-11)10-13(16)17-5-2/h11-12,14H,4-10H2,1-3H3. The van der Waals surface area contributed by atoms with Gasteiger partial charge in [0.05, 0.1) is 13.2 Å². The maximum Gasteiger partial charge on any atom is 0.320 e. The van der Waals surface area contributed by atoms with E-state index in [0.717, 1.165) is 13.1 Å². The van der Waals surface area contributed by atoms with Gasteiger partial charge in [0.1, 0.15) is 0 Å². The highest BCUT2D eigenvalue weighted by Crippen LogP contribution is 2.21. The number of nitrogens with zero attached hydrogens (tertiary/aromatic N) is 1.